The molecule has 1 aliphatic rings. The normalized spacial score (nSPS) is 16.2. The topological polar surface area (TPSA) is 81.8 Å². The Morgan fingerprint density at radius 3 is 2.85 bits per heavy atom. The summed E-state index contributed by atoms with van der Waals surface area (Å²) in [4.78, 5) is 3.84. The molecule has 1 heterocycles. The zero-order valence-electron chi connectivity index (χ0n) is 8.39. The molecule has 0 aliphatic carbocycles. The average Bonchev–Trinajstić information content (AvgIpc) is 2.38. The van der Waals surface area contributed by atoms with E-state index in [1.807, 2.05) is 0 Å². The van der Waals surface area contributed by atoms with Gasteiger partial charge >= 0.3 is 39.7 Å². The first-order valence-corrected chi connectivity index (χ1v) is 6.00. The fraction of sp³-hybridized carbons (Fsp3) is 0.800. The molecule has 72 valence electrons. The molecule has 0 atom stereocenters. The molecule has 0 aromatic rings. The van der Waals surface area contributed by atoms with Gasteiger partial charge in [-0.3, -0.25) is 0 Å². The van der Waals surface area contributed by atoms with Crippen LogP contribution in [0.2, 0.25) is 0 Å². The van der Waals surface area contributed by atoms with Gasteiger partial charge in [-0.25, -0.2) is 4.99 Å². The van der Waals surface area contributed by atoms with Crippen molar-refractivity contribution in [3.05, 3.63) is 0 Å². The second-order valence-corrected chi connectivity index (χ2v) is 4.87. The van der Waals surface area contributed by atoms with Gasteiger partial charge in [-0.1, -0.05) is 11.8 Å². The van der Waals surface area contributed by atoms with Crippen molar-refractivity contribution in [2.45, 2.75) is 0 Å². The molecule has 1 rings (SSSR count). The van der Waals surface area contributed by atoms with E-state index in [1.54, 1.807) is 0 Å². The van der Waals surface area contributed by atoms with Gasteiger partial charge in [0, 0.05) is 12.3 Å². The van der Waals surface area contributed by atoms with Crippen LogP contribution < -0.4 is 35.3 Å². The zero-order valence-corrected chi connectivity index (χ0v) is 11.0. The quantitative estimate of drug-likeness (QED) is 0.405. The number of rotatable bonds is 3. The second kappa shape index (κ2) is 6.26. The smallest absolute Gasteiger partial charge is 1.00 e. The van der Waals surface area contributed by atoms with Crippen LogP contribution in [0.5, 0.6) is 0 Å². The molecule has 0 saturated heterocycles. The monoisotopic (exact) mass is 234 g/mol. The van der Waals surface area contributed by atoms with Gasteiger partial charge < -0.3 is 11.3 Å². The molecule has 0 aromatic carbocycles. The summed E-state index contributed by atoms with van der Waals surface area (Å²) in [5.74, 6) is 0.625. The van der Waals surface area contributed by atoms with Crippen molar-refractivity contribution in [2.24, 2.45) is 10.7 Å². The fourth-order valence-electron chi connectivity index (χ4n) is 0.661. The zero-order chi connectivity index (χ0) is 9.03. The molecule has 0 unspecified atom stereocenters. The van der Waals surface area contributed by atoms with Crippen LogP contribution in [0.1, 0.15) is 1.43 Å². The van der Waals surface area contributed by atoms with Crippen LogP contribution in [0.15, 0.2) is 4.99 Å². The van der Waals surface area contributed by atoms with Crippen molar-refractivity contribution in [1.29, 1.82) is 0 Å². The van der Waals surface area contributed by atoms with Crippen LogP contribution in [-0.4, -0.2) is 38.2 Å². The van der Waals surface area contributed by atoms with E-state index >= 15 is 0 Å². The van der Waals surface area contributed by atoms with Gasteiger partial charge in [0.15, 0.2) is 0 Å². The first-order valence-electron chi connectivity index (χ1n) is 3.43. The summed E-state index contributed by atoms with van der Waals surface area (Å²) >= 11 is 1.30. The van der Waals surface area contributed by atoms with Crippen molar-refractivity contribution in [3.63, 3.8) is 0 Å². The van der Waals surface area contributed by atoms with E-state index in [4.69, 9.17) is 5.73 Å². The van der Waals surface area contributed by atoms with E-state index in [9.17, 15) is 8.42 Å². The molecule has 0 amide bonds. The number of hydrogen-bond acceptors (Lipinski definition) is 6. The summed E-state index contributed by atoms with van der Waals surface area (Å²) < 4.78 is 26.6. The van der Waals surface area contributed by atoms with Gasteiger partial charge in [-0.05, 0) is 0 Å². The Morgan fingerprint density at radius 2 is 2.38 bits per heavy atom. The van der Waals surface area contributed by atoms with Crippen molar-refractivity contribution in [1.82, 2.24) is 0 Å². The molecule has 0 spiro atoms. The Morgan fingerprint density at radius 1 is 1.69 bits per heavy atom. The van der Waals surface area contributed by atoms with Crippen molar-refractivity contribution in [3.8, 4) is 0 Å². The van der Waals surface area contributed by atoms with E-state index in [2.05, 4.69) is 9.18 Å². The van der Waals surface area contributed by atoms with Gasteiger partial charge in [0.05, 0.1) is 12.3 Å². The molecule has 0 bridgehead atoms. The largest absolute Gasteiger partial charge is 1.00 e. The van der Waals surface area contributed by atoms with Crippen LogP contribution in [0, 0.1) is 0 Å². The third-order valence-corrected chi connectivity index (χ3v) is 3.22. The van der Waals surface area contributed by atoms with E-state index in [0.717, 1.165) is 5.75 Å². The molecule has 8 heteroatoms. The summed E-state index contributed by atoms with van der Waals surface area (Å²) in [6, 6.07) is 0. The maximum Gasteiger partial charge on any atom is 1.00 e. The van der Waals surface area contributed by atoms with E-state index in [-0.39, 0.29) is 48.5 Å². The summed E-state index contributed by atoms with van der Waals surface area (Å²) in [5, 5.41) is 0.239. The van der Waals surface area contributed by atoms with Crippen LogP contribution in [0.25, 0.3) is 0 Å². The maximum absolute atomic E-state index is 11.0. The number of nitrogens with two attached hydrogens (primary N) is 1. The molecule has 5 nitrogen and oxygen atoms in total. The minimum absolute atomic E-state index is 0. The Labute approximate surface area is 105 Å². The van der Waals surface area contributed by atoms with Gasteiger partial charge in [-0.15, -0.1) is 0 Å². The van der Waals surface area contributed by atoms with Gasteiger partial charge in [0.2, 0.25) is 0 Å². The average molecular weight is 234 g/mol. The van der Waals surface area contributed by atoms with Crippen LogP contribution >= 0.6 is 11.8 Å². The predicted octanol–water partition coefficient (Wildman–Crippen LogP) is -3.49. The summed E-state index contributed by atoms with van der Waals surface area (Å²) in [6.45, 7) is 0.693. The molecule has 13 heavy (non-hydrogen) atoms. The molecule has 0 aromatic heterocycles. The molecular formula is C5H11N2NaO3S2. The minimum atomic E-state index is -3.49. The molecule has 0 saturated carbocycles. The van der Waals surface area contributed by atoms with Crippen LogP contribution in [0.4, 0.5) is 0 Å². The third kappa shape index (κ3) is 5.24. The van der Waals surface area contributed by atoms with Crippen LogP contribution in [0.3, 0.4) is 0 Å². The van der Waals surface area contributed by atoms with Crippen molar-refractivity contribution >= 4 is 27.1 Å². The predicted molar refractivity (Wildman–Crippen MR) is 49.8 cm³/mol. The number of hydrogen-bond donors (Lipinski definition) is 1. The molecule has 0 fully saturated rings. The number of nitrogens with zero attached hydrogens (tertiary/aromatic N) is 1. The molecule has 1 aliphatic heterocycles. The first kappa shape index (κ1) is 13.7. The van der Waals surface area contributed by atoms with Crippen LogP contribution in [-0.2, 0) is 14.3 Å². The summed E-state index contributed by atoms with van der Waals surface area (Å²) in [6.07, 6.45) is 0. The van der Waals surface area contributed by atoms with Crippen molar-refractivity contribution < 1.29 is 43.6 Å². The summed E-state index contributed by atoms with van der Waals surface area (Å²) in [5.41, 5.74) is 5.08. The van der Waals surface area contributed by atoms with Gasteiger partial charge in [0.1, 0.15) is 0 Å². The number of aliphatic imine (C=N–C) groups is 1. The fourth-order valence-corrected chi connectivity index (χ4v) is 2.35. The van der Waals surface area contributed by atoms with E-state index in [1.165, 1.54) is 11.8 Å². The number of thioether (sulfide) groups is 1. The first-order chi connectivity index (χ1) is 5.64. The Kier molecular flexibility index (Phi) is 6.61. The Balaban J connectivity index is 0. The third-order valence-electron chi connectivity index (χ3n) is 1.12. The van der Waals surface area contributed by atoms with E-state index in [0.29, 0.717) is 6.54 Å². The molecule has 2 N–H and O–H groups in total. The standard InChI is InChI=1S/C5H10N2O3S2.Na.H/c6-1-4-12(8,9)10-5-7-2-3-11-5;;/h1-4,6H2;;/q;+1;-1. The Bertz CT molecular complexity index is 283. The van der Waals surface area contributed by atoms with Gasteiger partial charge in [-0.2, -0.15) is 8.42 Å². The maximum atomic E-state index is 11.0. The summed E-state index contributed by atoms with van der Waals surface area (Å²) in [7, 11) is -3.49. The Hall–Kier alpha value is 0.730. The second-order valence-electron chi connectivity index (χ2n) is 2.13. The molecule has 0 radical (unpaired) electrons. The minimum Gasteiger partial charge on any atom is -1.00 e. The molecular weight excluding hydrogens is 223 g/mol. The van der Waals surface area contributed by atoms with Crippen molar-refractivity contribution in [2.75, 3.05) is 24.6 Å². The SMILES string of the molecule is NCCS(=O)(=O)OC1=NCCS1.[H-].[Na+]. The van der Waals surface area contributed by atoms with E-state index < -0.39 is 10.1 Å². The van der Waals surface area contributed by atoms with Gasteiger partial charge in [0.25, 0.3) is 5.23 Å².